The Morgan fingerprint density at radius 2 is 2.00 bits per heavy atom. The molecule has 0 aromatic heterocycles. The zero-order valence-electron chi connectivity index (χ0n) is 14.6. The number of hydrogen-bond acceptors (Lipinski definition) is 6. The Balaban J connectivity index is 1.89. The van der Waals surface area contributed by atoms with Crippen LogP contribution in [0.2, 0.25) is 5.02 Å². The van der Waals surface area contributed by atoms with Crippen molar-refractivity contribution in [2.24, 2.45) is 10.9 Å². The first kappa shape index (κ1) is 19.2. The smallest absolute Gasteiger partial charge is 0.267 e. The summed E-state index contributed by atoms with van der Waals surface area (Å²) in [6.45, 7) is 1.58. The minimum atomic E-state index is -0.832. The molecule has 0 bridgehead atoms. The third-order valence-electron chi connectivity index (χ3n) is 3.95. The summed E-state index contributed by atoms with van der Waals surface area (Å²) in [7, 11) is 0. The molecule has 142 valence electrons. The number of amides is 2. The fourth-order valence-electron chi connectivity index (χ4n) is 2.60. The van der Waals surface area contributed by atoms with Crippen LogP contribution >= 0.6 is 11.6 Å². The molecule has 1 aliphatic rings. The van der Waals surface area contributed by atoms with Crippen molar-refractivity contribution in [2.45, 2.75) is 6.92 Å². The van der Waals surface area contributed by atoms with Crippen molar-refractivity contribution in [3.63, 3.8) is 0 Å². The maximum atomic E-state index is 12.7. The minimum absolute atomic E-state index is 0.0782. The Morgan fingerprint density at radius 1 is 1.29 bits per heavy atom. The molecule has 2 amide bonds. The molecule has 3 rings (SSSR count). The number of nitrogens with two attached hydrogens (primary N) is 1. The summed E-state index contributed by atoms with van der Waals surface area (Å²) in [5.41, 5.74) is 0.280. The van der Waals surface area contributed by atoms with Crippen molar-refractivity contribution in [1.29, 1.82) is 0 Å². The van der Waals surface area contributed by atoms with Gasteiger partial charge in [-0.25, -0.2) is 5.84 Å². The maximum absolute atomic E-state index is 12.7. The Kier molecular flexibility index (Phi) is 5.21. The van der Waals surface area contributed by atoms with Crippen LogP contribution in [0.5, 0.6) is 0 Å². The lowest BCUT2D eigenvalue weighted by atomic mass is 10.1. The Hall–Kier alpha value is -3.56. The van der Waals surface area contributed by atoms with Gasteiger partial charge in [0.1, 0.15) is 5.56 Å². The van der Waals surface area contributed by atoms with Crippen LogP contribution in [-0.4, -0.2) is 27.5 Å². The zero-order valence-corrected chi connectivity index (χ0v) is 15.3. The average Bonchev–Trinajstić information content (AvgIpc) is 2.95. The number of nitrogens with zero attached hydrogens (tertiary/aromatic N) is 4. The molecule has 2 N–H and O–H groups in total. The molecule has 10 heteroatoms. The number of carbonyl (C=O) groups excluding carboxylic acids is 2. The van der Waals surface area contributed by atoms with Gasteiger partial charge in [-0.1, -0.05) is 29.8 Å². The number of nitro benzene ring substituents is 1. The van der Waals surface area contributed by atoms with Crippen LogP contribution in [-0.2, 0) is 4.79 Å². The molecule has 2 aromatic carbocycles. The van der Waals surface area contributed by atoms with Crippen LogP contribution in [0.15, 0.2) is 65.4 Å². The lowest BCUT2D eigenvalue weighted by molar-refractivity contribution is -0.385. The summed E-state index contributed by atoms with van der Waals surface area (Å²) in [6.07, 6.45) is 1.10. The van der Waals surface area contributed by atoms with Gasteiger partial charge < -0.3 is 0 Å². The number of para-hydroxylation sites is 1. The van der Waals surface area contributed by atoms with E-state index >= 15 is 0 Å². The monoisotopic (exact) mass is 399 g/mol. The first-order chi connectivity index (χ1) is 13.3. The van der Waals surface area contributed by atoms with Gasteiger partial charge in [-0.15, -0.1) is 0 Å². The SMILES string of the molecule is CC1=NN(c2cccc(Cl)c2)C(=O)C1=CN(N)C(=O)c1ccccc1[N+](=O)[O-]. The van der Waals surface area contributed by atoms with Gasteiger partial charge in [0.2, 0.25) is 0 Å². The van der Waals surface area contributed by atoms with Gasteiger partial charge in [0.15, 0.2) is 0 Å². The summed E-state index contributed by atoms with van der Waals surface area (Å²) in [5.74, 6) is 4.43. The largest absolute Gasteiger partial charge is 0.282 e. The molecule has 1 heterocycles. The van der Waals surface area contributed by atoms with Crippen LogP contribution in [0.3, 0.4) is 0 Å². The van der Waals surface area contributed by atoms with Crippen molar-refractivity contribution in [3.8, 4) is 0 Å². The predicted octanol–water partition coefficient (Wildman–Crippen LogP) is 2.87. The van der Waals surface area contributed by atoms with Crippen LogP contribution < -0.4 is 10.9 Å². The molecule has 9 nitrogen and oxygen atoms in total. The maximum Gasteiger partial charge on any atom is 0.282 e. The third-order valence-corrected chi connectivity index (χ3v) is 4.18. The fourth-order valence-corrected chi connectivity index (χ4v) is 2.78. The molecule has 1 aliphatic heterocycles. The highest BCUT2D eigenvalue weighted by Gasteiger charge is 2.31. The van der Waals surface area contributed by atoms with Gasteiger partial charge in [0.05, 0.1) is 21.9 Å². The van der Waals surface area contributed by atoms with Gasteiger partial charge in [0.25, 0.3) is 17.5 Å². The van der Waals surface area contributed by atoms with E-state index in [1.807, 2.05) is 0 Å². The average molecular weight is 400 g/mol. The minimum Gasteiger partial charge on any atom is -0.267 e. The van der Waals surface area contributed by atoms with E-state index in [9.17, 15) is 19.7 Å². The second-order valence-electron chi connectivity index (χ2n) is 5.81. The van der Waals surface area contributed by atoms with Gasteiger partial charge in [-0.05, 0) is 31.2 Å². The third kappa shape index (κ3) is 3.61. The lowest BCUT2D eigenvalue weighted by Crippen LogP contribution is -2.34. The molecule has 0 radical (unpaired) electrons. The number of anilines is 1. The van der Waals surface area contributed by atoms with Gasteiger partial charge in [-0.2, -0.15) is 10.1 Å². The molecule has 0 saturated heterocycles. The summed E-state index contributed by atoms with van der Waals surface area (Å²) in [4.78, 5) is 35.7. The molecule has 2 aromatic rings. The van der Waals surface area contributed by atoms with Crippen LogP contribution in [0.4, 0.5) is 11.4 Å². The van der Waals surface area contributed by atoms with E-state index in [2.05, 4.69) is 5.10 Å². The quantitative estimate of drug-likeness (QED) is 0.278. The molecule has 28 heavy (non-hydrogen) atoms. The molecule has 0 fully saturated rings. The van der Waals surface area contributed by atoms with E-state index < -0.39 is 16.7 Å². The van der Waals surface area contributed by atoms with Crippen molar-refractivity contribution in [3.05, 3.63) is 81.0 Å². The predicted molar refractivity (Wildman–Crippen MR) is 104 cm³/mol. The summed E-state index contributed by atoms with van der Waals surface area (Å²) >= 11 is 5.95. The number of rotatable bonds is 4. The molecular formula is C18H14ClN5O4. The van der Waals surface area contributed by atoms with E-state index in [4.69, 9.17) is 17.4 Å². The number of hydrogen-bond donors (Lipinski definition) is 1. The highest BCUT2D eigenvalue weighted by molar-refractivity contribution is 6.32. The highest BCUT2D eigenvalue weighted by atomic mass is 35.5. The van der Waals surface area contributed by atoms with Crippen LogP contribution in [0, 0.1) is 10.1 Å². The summed E-state index contributed by atoms with van der Waals surface area (Å²) < 4.78 is 0. The van der Waals surface area contributed by atoms with Crippen molar-refractivity contribution in [1.82, 2.24) is 5.01 Å². The second kappa shape index (κ2) is 7.59. The van der Waals surface area contributed by atoms with E-state index in [1.165, 1.54) is 24.3 Å². The molecule has 0 spiro atoms. The van der Waals surface area contributed by atoms with E-state index in [1.54, 1.807) is 31.2 Å². The number of hydrazine groups is 1. The second-order valence-corrected chi connectivity index (χ2v) is 6.25. The van der Waals surface area contributed by atoms with Crippen molar-refractivity contribution < 1.29 is 14.5 Å². The molecular weight excluding hydrogens is 386 g/mol. The summed E-state index contributed by atoms with van der Waals surface area (Å²) in [6, 6.07) is 12.0. The molecule has 0 atom stereocenters. The first-order valence-electron chi connectivity index (χ1n) is 7.98. The number of halogens is 1. The Bertz CT molecular complexity index is 1050. The molecule has 0 aliphatic carbocycles. The van der Waals surface area contributed by atoms with Crippen LogP contribution in [0.1, 0.15) is 17.3 Å². The lowest BCUT2D eigenvalue weighted by Gasteiger charge is -2.14. The standard InChI is InChI=1S/C18H14ClN5O4/c1-11-15(18(26)23(21-11)13-6-4-5-12(19)9-13)10-22(20)17(25)14-7-2-3-8-16(14)24(27)28/h2-10H,20H2,1H3. The van der Waals surface area contributed by atoms with E-state index in [0.29, 0.717) is 21.4 Å². The molecule has 0 unspecified atom stereocenters. The highest BCUT2D eigenvalue weighted by Crippen LogP contribution is 2.26. The Morgan fingerprint density at radius 3 is 2.68 bits per heavy atom. The van der Waals surface area contributed by atoms with Gasteiger partial charge in [0, 0.05) is 17.3 Å². The van der Waals surface area contributed by atoms with E-state index in [0.717, 1.165) is 11.2 Å². The topological polar surface area (TPSA) is 122 Å². The molecule has 0 saturated carbocycles. The fraction of sp³-hybridized carbons (Fsp3) is 0.0556. The number of nitro groups is 1. The number of carbonyl (C=O) groups is 2. The van der Waals surface area contributed by atoms with Crippen molar-refractivity contribution in [2.75, 3.05) is 5.01 Å². The Labute approximate surface area is 164 Å². The van der Waals surface area contributed by atoms with Crippen LogP contribution in [0.25, 0.3) is 0 Å². The first-order valence-corrected chi connectivity index (χ1v) is 8.36. The van der Waals surface area contributed by atoms with E-state index in [-0.39, 0.29) is 16.8 Å². The normalized spacial score (nSPS) is 15.0. The van der Waals surface area contributed by atoms with Gasteiger partial charge in [-0.3, -0.25) is 24.7 Å². The zero-order chi connectivity index (χ0) is 20.4. The number of hydrazone groups is 1. The van der Waals surface area contributed by atoms with Gasteiger partial charge >= 0.3 is 0 Å². The van der Waals surface area contributed by atoms with Crippen molar-refractivity contribution >= 4 is 40.5 Å². The number of benzene rings is 2. The summed E-state index contributed by atoms with van der Waals surface area (Å²) in [5, 5.41) is 17.5.